The first kappa shape index (κ1) is 35.7. The van der Waals surface area contributed by atoms with Crippen LogP contribution in [0.5, 0.6) is 0 Å². The summed E-state index contributed by atoms with van der Waals surface area (Å²) in [5.41, 5.74) is 8.29. The van der Waals surface area contributed by atoms with Gasteiger partial charge in [-0.25, -0.2) is 0 Å². The molecule has 20 heteroatoms. The predicted octanol–water partition coefficient (Wildman–Crippen LogP) is -5.97. The molecular formula is C23H40N4O16. The molecule has 0 aromatic heterocycles. The van der Waals surface area contributed by atoms with E-state index in [0.717, 1.165) is 0 Å². The van der Waals surface area contributed by atoms with Crippen LogP contribution >= 0.6 is 0 Å². The first-order chi connectivity index (χ1) is 20.5. The highest BCUT2D eigenvalue weighted by Gasteiger charge is 2.53. The van der Waals surface area contributed by atoms with Crippen LogP contribution in [0.15, 0.2) is 5.11 Å². The van der Waals surface area contributed by atoms with Gasteiger partial charge in [0.1, 0.15) is 73.2 Å². The van der Waals surface area contributed by atoms with E-state index in [9.17, 15) is 55.9 Å². The van der Waals surface area contributed by atoms with Crippen LogP contribution in [-0.4, -0.2) is 175 Å². The first-order valence-corrected chi connectivity index (χ1v) is 13.7. The van der Waals surface area contributed by atoms with Crippen LogP contribution < -0.4 is 5.32 Å². The maximum Gasteiger partial charge on any atom is 0.222 e. The number of carbonyl (C=O) groups is 1. The summed E-state index contributed by atoms with van der Waals surface area (Å²) in [6.45, 7) is -2.23. The van der Waals surface area contributed by atoms with E-state index in [2.05, 4.69) is 15.3 Å². The minimum absolute atomic E-state index is 0.0177. The summed E-state index contributed by atoms with van der Waals surface area (Å²) in [6.07, 6.45) is -24.7. The van der Waals surface area contributed by atoms with Crippen LogP contribution in [0.4, 0.5) is 0 Å². The second-order valence-electron chi connectivity index (χ2n) is 10.3. The van der Waals surface area contributed by atoms with Crippen molar-refractivity contribution in [3.05, 3.63) is 10.4 Å². The van der Waals surface area contributed by atoms with E-state index < -0.39 is 118 Å². The Balaban J connectivity index is 1.68. The predicted molar refractivity (Wildman–Crippen MR) is 135 cm³/mol. The molecule has 3 aliphatic rings. The Labute approximate surface area is 244 Å². The minimum atomic E-state index is -1.95. The van der Waals surface area contributed by atoms with Gasteiger partial charge in [0, 0.05) is 17.9 Å². The molecule has 0 radical (unpaired) electrons. The fraction of sp³-hybridized carbons (Fsp3) is 0.957. The average Bonchev–Trinajstić information content (AvgIpc) is 2.99. The largest absolute Gasteiger partial charge is 0.394 e. The lowest BCUT2D eigenvalue weighted by Gasteiger charge is -2.48. The maximum atomic E-state index is 12.3. The monoisotopic (exact) mass is 628 g/mol. The van der Waals surface area contributed by atoms with Crippen molar-refractivity contribution in [3.63, 3.8) is 0 Å². The van der Waals surface area contributed by atoms with Crippen LogP contribution in [0, 0.1) is 0 Å². The third kappa shape index (κ3) is 8.47. The lowest BCUT2D eigenvalue weighted by molar-refractivity contribution is -0.374. The van der Waals surface area contributed by atoms with Gasteiger partial charge in [-0.3, -0.25) is 4.79 Å². The van der Waals surface area contributed by atoms with Crippen molar-refractivity contribution < 1.29 is 79.5 Å². The summed E-state index contributed by atoms with van der Waals surface area (Å²) in [7, 11) is 0. The normalized spacial score (nSPS) is 43.5. The topological polar surface area (TPSA) is 326 Å². The smallest absolute Gasteiger partial charge is 0.222 e. The molecule has 0 aliphatic carbocycles. The summed E-state index contributed by atoms with van der Waals surface area (Å²) < 4.78 is 27.3. The summed E-state index contributed by atoms with van der Waals surface area (Å²) >= 11 is 0. The lowest BCUT2D eigenvalue weighted by Crippen LogP contribution is -2.67. The van der Waals surface area contributed by atoms with E-state index in [0.29, 0.717) is 12.8 Å². The van der Waals surface area contributed by atoms with Crippen molar-refractivity contribution in [3.8, 4) is 0 Å². The van der Waals surface area contributed by atoms with Crippen LogP contribution in [0.2, 0.25) is 0 Å². The number of azide groups is 1. The highest BCUT2D eigenvalue weighted by molar-refractivity contribution is 5.76. The number of ether oxygens (including phenoxy) is 5. The molecule has 3 saturated heterocycles. The van der Waals surface area contributed by atoms with Crippen LogP contribution in [0.3, 0.4) is 0 Å². The molecule has 43 heavy (non-hydrogen) atoms. The van der Waals surface area contributed by atoms with Crippen LogP contribution in [-0.2, 0) is 28.5 Å². The maximum absolute atomic E-state index is 12.3. The first-order valence-electron chi connectivity index (χ1n) is 13.7. The number of nitrogens with zero attached hydrogens (tertiary/aromatic N) is 3. The number of carbonyl (C=O) groups excluding carboxylic acids is 1. The van der Waals surface area contributed by atoms with E-state index in [4.69, 9.17) is 29.2 Å². The quantitative estimate of drug-likeness (QED) is 0.0391. The van der Waals surface area contributed by atoms with Crippen molar-refractivity contribution >= 4 is 5.91 Å². The molecule has 0 spiro atoms. The van der Waals surface area contributed by atoms with Gasteiger partial charge in [-0.1, -0.05) is 5.11 Å². The van der Waals surface area contributed by atoms with E-state index in [-0.39, 0.29) is 13.0 Å². The van der Waals surface area contributed by atoms with Crippen LogP contribution in [0.25, 0.3) is 10.4 Å². The highest BCUT2D eigenvalue weighted by atomic mass is 16.7. The van der Waals surface area contributed by atoms with E-state index in [1.165, 1.54) is 0 Å². The molecule has 11 N–H and O–H groups in total. The lowest BCUT2D eigenvalue weighted by atomic mass is 9.95. The number of aliphatic hydroxyl groups excluding tert-OH is 10. The molecule has 0 aromatic rings. The van der Waals surface area contributed by atoms with Gasteiger partial charge >= 0.3 is 0 Å². The SMILES string of the molecule is [N-]=[N+]=NCCCCC(=O)N[C@@H]1O[C@H](CO)[C@@H](O[C@@H]2O[C@H](CO)[C@H](O)[C@H](O[C@H]3O[C@H](CO)[C@H](O)[C@H](O)[C@H]3O)[C@H]2O)[C@H](O)[C@H]1O. The minimum Gasteiger partial charge on any atom is -0.394 e. The Hall–Kier alpha value is -1.82. The summed E-state index contributed by atoms with van der Waals surface area (Å²) in [4.78, 5) is 14.9. The molecule has 15 atom stereocenters. The van der Waals surface area contributed by atoms with Gasteiger partial charge in [0.2, 0.25) is 5.91 Å². The zero-order chi connectivity index (χ0) is 31.8. The number of hydrogen-bond acceptors (Lipinski definition) is 17. The van der Waals surface area contributed by atoms with E-state index in [1.807, 2.05) is 0 Å². The molecule has 0 saturated carbocycles. The van der Waals surface area contributed by atoms with Gasteiger partial charge in [0.15, 0.2) is 18.8 Å². The van der Waals surface area contributed by atoms with Crippen molar-refractivity contribution in [1.82, 2.24) is 5.32 Å². The molecule has 1 amide bonds. The summed E-state index contributed by atoms with van der Waals surface area (Å²) in [6, 6.07) is 0. The molecule has 0 bridgehead atoms. The van der Waals surface area contributed by atoms with E-state index >= 15 is 0 Å². The summed E-state index contributed by atoms with van der Waals surface area (Å²) in [5.74, 6) is -0.563. The number of amides is 1. The number of hydrogen-bond donors (Lipinski definition) is 11. The zero-order valence-electron chi connectivity index (χ0n) is 22.9. The molecule has 0 unspecified atom stereocenters. The van der Waals surface area contributed by atoms with Crippen molar-refractivity contribution in [2.24, 2.45) is 5.11 Å². The molecule has 0 aromatic carbocycles. The van der Waals surface area contributed by atoms with Gasteiger partial charge in [-0.15, -0.1) is 0 Å². The molecule has 248 valence electrons. The number of unbranched alkanes of at least 4 members (excludes halogenated alkanes) is 1. The van der Waals surface area contributed by atoms with Gasteiger partial charge in [-0.2, -0.15) is 0 Å². The third-order valence-corrected chi connectivity index (χ3v) is 7.40. The summed E-state index contributed by atoms with van der Waals surface area (Å²) in [5, 5.41) is 108. The Morgan fingerprint density at radius 2 is 1.28 bits per heavy atom. The zero-order valence-corrected chi connectivity index (χ0v) is 22.9. The number of nitrogens with one attached hydrogen (secondary N) is 1. The van der Waals surface area contributed by atoms with Gasteiger partial charge in [0.25, 0.3) is 0 Å². The molecule has 20 nitrogen and oxygen atoms in total. The molecule has 3 aliphatic heterocycles. The third-order valence-electron chi connectivity index (χ3n) is 7.40. The Bertz CT molecular complexity index is 928. The van der Waals surface area contributed by atoms with Crippen molar-refractivity contribution in [1.29, 1.82) is 0 Å². The Morgan fingerprint density at radius 1 is 0.698 bits per heavy atom. The standard InChI is InChI=1S/C23H40N4O16/c24-27-25-4-2-1-3-11(31)26-21-16(36)15(35)19(10(7-30)39-21)42-23-18(38)20(13(33)9(6-29)41-23)43-22-17(37)14(34)12(32)8(5-28)40-22/h8-10,12-23,28-30,32-38H,1-7H2,(H,26,31)/t8-,9-,10-,12+,13+,14+,15-,16-,17-,18-,19-,20+,21-,22-,23+/m1/s1. The van der Waals surface area contributed by atoms with Crippen LogP contribution in [0.1, 0.15) is 19.3 Å². The van der Waals surface area contributed by atoms with Gasteiger partial charge in [0.05, 0.1) is 19.8 Å². The molecule has 3 rings (SSSR count). The second kappa shape index (κ2) is 16.5. The van der Waals surface area contributed by atoms with Gasteiger partial charge in [-0.05, 0) is 18.4 Å². The highest BCUT2D eigenvalue weighted by Crippen LogP contribution is 2.32. The van der Waals surface area contributed by atoms with Crippen molar-refractivity contribution in [2.75, 3.05) is 26.4 Å². The van der Waals surface area contributed by atoms with E-state index in [1.54, 1.807) is 0 Å². The molecule has 3 fully saturated rings. The number of rotatable bonds is 13. The second-order valence-corrected chi connectivity index (χ2v) is 10.3. The Morgan fingerprint density at radius 3 is 1.88 bits per heavy atom. The fourth-order valence-corrected chi connectivity index (χ4v) is 4.93. The van der Waals surface area contributed by atoms with Crippen molar-refractivity contribution in [2.45, 2.75) is 111 Å². The fourth-order valence-electron chi connectivity index (χ4n) is 4.93. The average molecular weight is 629 g/mol. The number of aliphatic hydroxyl groups is 10. The molecular weight excluding hydrogens is 588 g/mol. The molecule has 3 heterocycles. The van der Waals surface area contributed by atoms with Gasteiger partial charge < -0.3 is 80.1 Å². The Kier molecular flexibility index (Phi) is 13.7.